The van der Waals surface area contributed by atoms with Gasteiger partial charge in [-0.05, 0) is 60.2 Å². The Morgan fingerprint density at radius 1 is 1.15 bits per heavy atom. The second kappa shape index (κ2) is 11.1. The Morgan fingerprint density at radius 2 is 1.85 bits per heavy atom. The van der Waals surface area contributed by atoms with Crippen LogP contribution >= 0.6 is 11.6 Å². The highest BCUT2D eigenvalue weighted by atomic mass is 35.5. The first-order valence-electron chi connectivity index (χ1n) is 12.8. The van der Waals surface area contributed by atoms with Crippen molar-refractivity contribution in [3.8, 4) is 0 Å². The number of hydrogen-bond donors (Lipinski definition) is 3. The van der Waals surface area contributed by atoms with E-state index in [2.05, 4.69) is 10.6 Å². The molecule has 3 aromatic carbocycles. The van der Waals surface area contributed by atoms with Crippen LogP contribution in [-0.4, -0.2) is 60.2 Å². The fourth-order valence-electron chi connectivity index (χ4n) is 5.11. The molecule has 1 spiro atoms. The second-order valence-corrected chi connectivity index (χ2v) is 10.4. The van der Waals surface area contributed by atoms with Crippen molar-refractivity contribution in [2.45, 2.75) is 24.5 Å². The zero-order valence-corrected chi connectivity index (χ0v) is 22.7. The molecule has 2 atom stereocenters. The van der Waals surface area contributed by atoms with E-state index in [1.165, 1.54) is 60.5 Å². The lowest BCUT2D eigenvalue weighted by atomic mass is 9.90. The number of amides is 4. The van der Waals surface area contributed by atoms with Gasteiger partial charge in [0.25, 0.3) is 5.91 Å². The van der Waals surface area contributed by atoms with Gasteiger partial charge in [-0.15, -0.1) is 0 Å². The number of hydrogen-bond acceptors (Lipinski definition) is 5. The number of fused-ring (bicyclic) bond motifs is 2. The third-order valence-electron chi connectivity index (χ3n) is 7.30. The summed E-state index contributed by atoms with van der Waals surface area (Å²) in [6.07, 6.45) is -1.38. The van der Waals surface area contributed by atoms with Crippen molar-refractivity contribution in [1.29, 1.82) is 0 Å². The zero-order valence-electron chi connectivity index (χ0n) is 21.9. The Morgan fingerprint density at radius 3 is 2.54 bits per heavy atom. The Hall–Kier alpha value is -4.64. The van der Waals surface area contributed by atoms with Crippen molar-refractivity contribution in [2.24, 2.45) is 0 Å². The largest absolute Gasteiger partial charge is 0.465 e. The number of nitrogens with zero attached hydrogens (tertiary/aromatic N) is 2. The number of carbonyl (C=O) groups is 4. The molecule has 0 aliphatic carbocycles. The minimum atomic E-state index is -1.15. The molecule has 0 bridgehead atoms. The summed E-state index contributed by atoms with van der Waals surface area (Å²) in [5.74, 6) is -1.38. The van der Waals surface area contributed by atoms with E-state index in [-0.39, 0.29) is 25.1 Å². The Balaban J connectivity index is 1.39. The van der Waals surface area contributed by atoms with Crippen LogP contribution in [0.15, 0.2) is 66.7 Å². The average Bonchev–Trinajstić information content (AvgIpc) is 3.37. The number of likely N-dealkylation sites (tertiary alicyclic amines) is 1. The van der Waals surface area contributed by atoms with Gasteiger partial charge >= 0.3 is 12.2 Å². The molecule has 212 valence electrons. The van der Waals surface area contributed by atoms with Crippen LogP contribution in [0.5, 0.6) is 0 Å². The fraction of sp³-hybridized carbons (Fsp3) is 0.241. The van der Waals surface area contributed by atoms with Crippen LogP contribution < -0.4 is 15.5 Å². The van der Waals surface area contributed by atoms with E-state index in [4.69, 9.17) is 16.3 Å². The number of anilines is 2. The van der Waals surface area contributed by atoms with E-state index >= 15 is 0 Å². The SMILES string of the molecule is CN(C(=O)O)c1ccc(C(=O)N[C@@H](Cc2ccc(F)cc2)C(=O)N2CC[C@@]3(C2)OC(=O)Nc2ccc(Cl)cc23)cc1. The van der Waals surface area contributed by atoms with Gasteiger partial charge < -0.3 is 20.1 Å². The van der Waals surface area contributed by atoms with Gasteiger partial charge in [-0.1, -0.05) is 23.7 Å². The number of carboxylic acid groups (broad SMARTS) is 1. The first-order valence-corrected chi connectivity index (χ1v) is 13.1. The van der Waals surface area contributed by atoms with E-state index in [0.29, 0.717) is 33.9 Å². The summed E-state index contributed by atoms with van der Waals surface area (Å²) in [5, 5.41) is 15.1. The van der Waals surface area contributed by atoms with Gasteiger partial charge in [-0.25, -0.2) is 14.0 Å². The molecule has 2 heterocycles. The number of halogens is 2. The molecule has 3 aromatic rings. The van der Waals surface area contributed by atoms with Gasteiger partial charge in [0, 0.05) is 48.3 Å². The van der Waals surface area contributed by atoms with Gasteiger partial charge in [0.1, 0.15) is 11.9 Å². The van der Waals surface area contributed by atoms with Crippen LogP contribution in [-0.2, 0) is 21.6 Å². The molecule has 10 nitrogen and oxygen atoms in total. The summed E-state index contributed by atoms with van der Waals surface area (Å²) in [6, 6.07) is 15.5. The molecule has 0 radical (unpaired) electrons. The van der Waals surface area contributed by atoms with Gasteiger partial charge in [0.05, 0.1) is 12.2 Å². The van der Waals surface area contributed by atoms with E-state index in [0.717, 1.165) is 4.90 Å². The smallest absolute Gasteiger partial charge is 0.412 e. The highest BCUT2D eigenvalue weighted by Gasteiger charge is 2.49. The summed E-state index contributed by atoms with van der Waals surface area (Å²) in [6.45, 7) is 0.308. The van der Waals surface area contributed by atoms with Gasteiger partial charge in [-0.2, -0.15) is 0 Å². The first kappa shape index (κ1) is 27.9. The van der Waals surface area contributed by atoms with Crippen molar-refractivity contribution >= 4 is 47.0 Å². The van der Waals surface area contributed by atoms with Crippen LogP contribution in [0.2, 0.25) is 5.02 Å². The van der Waals surface area contributed by atoms with Crippen LogP contribution in [0, 0.1) is 5.82 Å². The van der Waals surface area contributed by atoms with Crippen molar-refractivity contribution in [1.82, 2.24) is 10.2 Å². The van der Waals surface area contributed by atoms with Gasteiger partial charge in [0.2, 0.25) is 5.91 Å². The summed E-state index contributed by atoms with van der Waals surface area (Å²) in [7, 11) is 1.38. The average molecular weight is 581 g/mol. The van der Waals surface area contributed by atoms with Crippen LogP contribution in [0.4, 0.5) is 25.4 Å². The lowest BCUT2D eigenvalue weighted by Crippen LogP contribution is -2.50. The predicted octanol–water partition coefficient (Wildman–Crippen LogP) is 4.62. The highest BCUT2D eigenvalue weighted by Crippen LogP contribution is 2.43. The van der Waals surface area contributed by atoms with E-state index in [1.807, 2.05) is 0 Å². The minimum Gasteiger partial charge on any atom is -0.465 e. The maximum absolute atomic E-state index is 13.9. The molecular formula is C29H26ClFN4O6. The third kappa shape index (κ3) is 5.80. The summed E-state index contributed by atoms with van der Waals surface area (Å²) in [4.78, 5) is 53.2. The molecule has 0 unspecified atom stereocenters. The Labute approximate surface area is 239 Å². The Bertz CT molecular complexity index is 1520. The number of benzene rings is 3. The molecule has 12 heteroatoms. The van der Waals surface area contributed by atoms with Crippen LogP contribution in [0.3, 0.4) is 0 Å². The lowest BCUT2D eigenvalue weighted by Gasteiger charge is -2.35. The molecule has 2 aliphatic rings. The molecule has 1 saturated heterocycles. The molecule has 3 N–H and O–H groups in total. The standard InChI is InChI=1S/C29H26ClFN4O6/c1-34(28(39)40)21-9-4-18(5-10-21)25(36)32-24(14-17-2-7-20(31)8-3-17)26(37)35-13-12-29(16-35)22-15-19(30)6-11-23(22)33-27(38)41-29/h2-11,15,24H,12-14,16H2,1H3,(H,32,36)(H,33,38)(H,39,40)/t24-,29-/m0/s1. The summed E-state index contributed by atoms with van der Waals surface area (Å²) in [5.41, 5.74) is 1.32. The van der Waals surface area contributed by atoms with Crippen molar-refractivity contribution < 1.29 is 33.4 Å². The first-order chi connectivity index (χ1) is 19.5. The molecule has 2 aliphatic heterocycles. The van der Waals surface area contributed by atoms with E-state index in [1.54, 1.807) is 18.2 Å². The number of rotatable bonds is 6. The number of carbonyl (C=O) groups excluding carboxylic acids is 3. The van der Waals surface area contributed by atoms with Gasteiger partial charge in [0.15, 0.2) is 5.60 Å². The maximum atomic E-state index is 13.9. The van der Waals surface area contributed by atoms with E-state index in [9.17, 15) is 28.7 Å². The topological polar surface area (TPSA) is 128 Å². The number of nitrogens with one attached hydrogen (secondary N) is 2. The van der Waals surface area contributed by atoms with Crippen molar-refractivity contribution in [2.75, 3.05) is 30.4 Å². The van der Waals surface area contributed by atoms with Crippen LogP contribution in [0.25, 0.3) is 0 Å². The summed E-state index contributed by atoms with van der Waals surface area (Å²) >= 11 is 6.23. The third-order valence-corrected chi connectivity index (χ3v) is 7.54. The van der Waals surface area contributed by atoms with E-state index < -0.39 is 41.5 Å². The Kier molecular flexibility index (Phi) is 7.55. The molecule has 5 rings (SSSR count). The van der Waals surface area contributed by atoms with Crippen molar-refractivity contribution in [3.63, 3.8) is 0 Å². The monoisotopic (exact) mass is 580 g/mol. The summed E-state index contributed by atoms with van der Waals surface area (Å²) < 4.78 is 19.3. The minimum absolute atomic E-state index is 0.0542. The predicted molar refractivity (Wildman–Crippen MR) is 149 cm³/mol. The zero-order chi connectivity index (χ0) is 29.3. The second-order valence-electron chi connectivity index (χ2n) is 9.95. The van der Waals surface area contributed by atoms with Crippen molar-refractivity contribution in [3.05, 3.63) is 94.3 Å². The van der Waals surface area contributed by atoms with Crippen LogP contribution in [0.1, 0.15) is 27.9 Å². The lowest BCUT2D eigenvalue weighted by molar-refractivity contribution is -0.133. The highest BCUT2D eigenvalue weighted by molar-refractivity contribution is 6.30. The molecule has 0 saturated carbocycles. The molecular weight excluding hydrogens is 555 g/mol. The normalized spacial score (nSPS) is 18.2. The maximum Gasteiger partial charge on any atom is 0.412 e. The number of ether oxygens (including phenoxy) is 1. The quantitative estimate of drug-likeness (QED) is 0.390. The fourth-order valence-corrected chi connectivity index (χ4v) is 5.28. The van der Waals surface area contributed by atoms with Gasteiger partial charge in [-0.3, -0.25) is 19.8 Å². The molecule has 1 fully saturated rings. The molecule has 0 aromatic heterocycles. The molecule has 41 heavy (non-hydrogen) atoms. The molecule has 4 amide bonds.